The standard InChI is InChI=1S/C28H31BrClFN4O5/c1-27(2,3)14-28(19-9-6-16(29)12-21(19)31)24(37)35(25(32)34-28)22(13-40-26(38)33-17-7-8-17)15-5-10-20(30)18(11-15)23(36)39-4/h5-6,9-12,17,22H,7-8,13-14H2,1-4H3,(H2,32,34)(H,33,38)/t22-,28?/m1/s1. The van der Waals surface area contributed by atoms with Crippen LogP contribution in [-0.2, 0) is 19.8 Å². The summed E-state index contributed by atoms with van der Waals surface area (Å²) in [5, 5.41) is 2.87. The van der Waals surface area contributed by atoms with Crippen molar-refractivity contribution in [1.29, 1.82) is 0 Å². The molecule has 2 amide bonds. The van der Waals surface area contributed by atoms with Crippen LogP contribution in [0, 0.1) is 11.2 Å². The van der Waals surface area contributed by atoms with Crippen molar-refractivity contribution >= 4 is 51.5 Å². The fraction of sp³-hybridized carbons (Fsp3) is 0.429. The van der Waals surface area contributed by atoms with Crippen molar-refractivity contribution in [3.63, 3.8) is 0 Å². The van der Waals surface area contributed by atoms with Crippen molar-refractivity contribution in [3.05, 3.63) is 68.4 Å². The minimum absolute atomic E-state index is 0.0484. The minimum atomic E-state index is -1.68. The number of hydrogen-bond donors (Lipinski definition) is 2. The van der Waals surface area contributed by atoms with Crippen LogP contribution in [0.3, 0.4) is 0 Å². The molecule has 1 aliphatic heterocycles. The average Bonchev–Trinajstić information content (AvgIpc) is 3.64. The van der Waals surface area contributed by atoms with Gasteiger partial charge in [-0.05, 0) is 54.5 Å². The van der Waals surface area contributed by atoms with Gasteiger partial charge in [0.25, 0.3) is 5.91 Å². The van der Waals surface area contributed by atoms with Gasteiger partial charge in [0.2, 0.25) is 0 Å². The predicted molar refractivity (Wildman–Crippen MR) is 151 cm³/mol. The summed E-state index contributed by atoms with van der Waals surface area (Å²) in [6.07, 6.45) is 1.20. The fourth-order valence-electron chi connectivity index (χ4n) is 4.81. The molecule has 1 heterocycles. The molecule has 1 unspecified atom stereocenters. The highest BCUT2D eigenvalue weighted by Crippen LogP contribution is 2.46. The molecule has 1 saturated carbocycles. The topological polar surface area (TPSA) is 123 Å². The molecule has 1 aliphatic carbocycles. The van der Waals surface area contributed by atoms with Crippen molar-refractivity contribution in [2.75, 3.05) is 13.7 Å². The van der Waals surface area contributed by atoms with E-state index in [1.54, 1.807) is 12.1 Å². The summed E-state index contributed by atoms with van der Waals surface area (Å²) in [7, 11) is 1.22. The molecule has 0 saturated heterocycles. The van der Waals surface area contributed by atoms with Crippen LogP contribution in [0.2, 0.25) is 5.02 Å². The molecule has 0 bridgehead atoms. The third-order valence-electron chi connectivity index (χ3n) is 6.65. The van der Waals surface area contributed by atoms with Gasteiger partial charge in [-0.3, -0.25) is 9.69 Å². The number of carbonyl (C=O) groups excluding carboxylic acids is 3. The number of rotatable bonds is 8. The van der Waals surface area contributed by atoms with Crippen LogP contribution in [0.25, 0.3) is 0 Å². The first-order valence-electron chi connectivity index (χ1n) is 12.7. The molecule has 2 aromatic rings. The second-order valence-electron chi connectivity index (χ2n) is 11.1. The second-order valence-corrected chi connectivity index (χ2v) is 12.5. The first-order chi connectivity index (χ1) is 18.8. The smallest absolute Gasteiger partial charge is 0.407 e. The van der Waals surface area contributed by atoms with Crippen molar-refractivity contribution in [2.24, 2.45) is 16.1 Å². The van der Waals surface area contributed by atoms with E-state index in [0.29, 0.717) is 10.0 Å². The molecule has 2 atom stereocenters. The number of halogens is 3. The van der Waals surface area contributed by atoms with Crippen molar-refractivity contribution in [3.8, 4) is 0 Å². The molecular formula is C28H31BrClFN4O5. The van der Waals surface area contributed by atoms with Gasteiger partial charge in [-0.2, -0.15) is 0 Å². The van der Waals surface area contributed by atoms with E-state index >= 15 is 4.39 Å². The summed E-state index contributed by atoms with van der Waals surface area (Å²) in [5.74, 6) is -2.08. The first-order valence-corrected chi connectivity index (χ1v) is 13.9. The lowest BCUT2D eigenvalue weighted by molar-refractivity contribution is -0.135. The molecule has 2 aliphatic rings. The van der Waals surface area contributed by atoms with Gasteiger partial charge in [-0.25, -0.2) is 19.0 Å². The Balaban J connectivity index is 1.80. The molecule has 1 fully saturated rings. The van der Waals surface area contributed by atoms with Crippen molar-refractivity contribution in [1.82, 2.24) is 10.2 Å². The number of nitrogens with one attached hydrogen (secondary N) is 1. The van der Waals surface area contributed by atoms with Gasteiger partial charge in [0.1, 0.15) is 12.4 Å². The summed E-state index contributed by atoms with van der Waals surface area (Å²) >= 11 is 9.50. The molecular weight excluding hydrogens is 607 g/mol. The summed E-state index contributed by atoms with van der Waals surface area (Å²) in [6.45, 7) is 5.42. The van der Waals surface area contributed by atoms with E-state index in [1.165, 1.54) is 36.3 Å². The van der Waals surface area contributed by atoms with E-state index in [4.69, 9.17) is 26.8 Å². The Morgan fingerprint density at radius 3 is 2.58 bits per heavy atom. The van der Waals surface area contributed by atoms with E-state index < -0.39 is 40.8 Å². The maximum Gasteiger partial charge on any atom is 0.407 e. The molecule has 0 spiro atoms. The van der Waals surface area contributed by atoms with Gasteiger partial charge in [-0.15, -0.1) is 0 Å². The highest BCUT2D eigenvalue weighted by Gasteiger charge is 2.54. The molecule has 3 N–H and O–H groups in total. The lowest BCUT2D eigenvalue weighted by Gasteiger charge is -2.35. The second kappa shape index (κ2) is 11.4. The summed E-state index contributed by atoms with van der Waals surface area (Å²) in [4.78, 5) is 45.0. The Hall–Kier alpha value is -3.18. The summed E-state index contributed by atoms with van der Waals surface area (Å²) in [5.41, 5.74) is 4.78. The number of aliphatic imine (C=N–C) groups is 1. The molecule has 4 rings (SSSR count). The zero-order valence-corrected chi connectivity index (χ0v) is 24.9. The number of amides is 2. The number of carbonyl (C=O) groups is 3. The zero-order valence-electron chi connectivity index (χ0n) is 22.6. The number of nitrogens with zero attached hydrogens (tertiary/aromatic N) is 2. The third-order valence-corrected chi connectivity index (χ3v) is 7.47. The Kier molecular flexibility index (Phi) is 8.46. The van der Waals surface area contributed by atoms with Gasteiger partial charge in [0.15, 0.2) is 11.5 Å². The molecule has 2 aromatic carbocycles. The first kappa shape index (κ1) is 29.8. The molecule has 40 heavy (non-hydrogen) atoms. The van der Waals surface area contributed by atoms with E-state index in [-0.39, 0.29) is 41.2 Å². The lowest BCUT2D eigenvalue weighted by Crippen LogP contribution is -2.48. The van der Waals surface area contributed by atoms with Gasteiger partial charge in [0, 0.05) is 16.1 Å². The van der Waals surface area contributed by atoms with Crippen LogP contribution >= 0.6 is 27.5 Å². The number of guanidine groups is 1. The van der Waals surface area contributed by atoms with E-state index in [1.807, 2.05) is 20.8 Å². The van der Waals surface area contributed by atoms with Gasteiger partial charge < -0.3 is 20.5 Å². The largest absolute Gasteiger partial charge is 0.465 e. The van der Waals surface area contributed by atoms with Crippen molar-refractivity contribution in [2.45, 2.75) is 57.7 Å². The van der Waals surface area contributed by atoms with Crippen LogP contribution in [-0.4, -0.2) is 48.6 Å². The van der Waals surface area contributed by atoms with Crippen LogP contribution in [0.4, 0.5) is 9.18 Å². The van der Waals surface area contributed by atoms with Gasteiger partial charge >= 0.3 is 12.1 Å². The third kappa shape index (κ3) is 6.25. The highest BCUT2D eigenvalue weighted by molar-refractivity contribution is 9.10. The minimum Gasteiger partial charge on any atom is -0.465 e. The van der Waals surface area contributed by atoms with Crippen LogP contribution in [0.5, 0.6) is 0 Å². The van der Waals surface area contributed by atoms with Gasteiger partial charge in [0.05, 0.1) is 23.7 Å². The molecule has 214 valence electrons. The monoisotopic (exact) mass is 636 g/mol. The molecule has 0 radical (unpaired) electrons. The normalized spacial score (nSPS) is 19.7. The summed E-state index contributed by atoms with van der Waals surface area (Å²) in [6, 6.07) is 7.97. The van der Waals surface area contributed by atoms with E-state index in [9.17, 15) is 14.4 Å². The Morgan fingerprint density at radius 1 is 1.27 bits per heavy atom. The molecule has 0 aromatic heterocycles. The number of nitrogens with two attached hydrogens (primary N) is 1. The van der Waals surface area contributed by atoms with Crippen LogP contribution in [0.1, 0.15) is 67.6 Å². The molecule has 12 heteroatoms. The Labute approximate surface area is 245 Å². The van der Waals surface area contributed by atoms with E-state index in [0.717, 1.165) is 12.8 Å². The Morgan fingerprint density at radius 2 is 1.98 bits per heavy atom. The van der Waals surface area contributed by atoms with Crippen molar-refractivity contribution < 1.29 is 28.2 Å². The lowest BCUT2D eigenvalue weighted by atomic mass is 9.75. The highest BCUT2D eigenvalue weighted by atomic mass is 79.9. The number of esters is 1. The van der Waals surface area contributed by atoms with Crippen LogP contribution in [0.15, 0.2) is 45.9 Å². The van der Waals surface area contributed by atoms with Crippen LogP contribution < -0.4 is 11.1 Å². The number of alkyl carbamates (subject to hydrolysis) is 1. The maximum absolute atomic E-state index is 15.4. The zero-order chi connectivity index (χ0) is 29.4. The fourth-order valence-corrected chi connectivity index (χ4v) is 5.33. The number of methoxy groups -OCH3 is 1. The Bertz CT molecular complexity index is 1380. The summed E-state index contributed by atoms with van der Waals surface area (Å²) < 4.78 is 26.3. The SMILES string of the molecule is COC(=O)c1cc([C@@H](COC(=O)NC2CC2)N2C(=O)C(CC(C)(C)C)(c3ccc(Br)cc3F)N=C2N)ccc1Cl. The van der Waals surface area contributed by atoms with E-state index in [2.05, 4.69) is 26.2 Å². The predicted octanol–water partition coefficient (Wildman–Crippen LogP) is 5.45. The van der Waals surface area contributed by atoms with Gasteiger partial charge in [-0.1, -0.05) is 60.4 Å². The average molecular weight is 638 g/mol. The number of benzene rings is 2. The maximum atomic E-state index is 15.4. The quantitative estimate of drug-likeness (QED) is 0.372. The number of ether oxygens (including phenoxy) is 2. The number of hydrogen-bond acceptors (Lipinski definition) is 7. The molecule has 9 nitrogen and oxygen atoms in total.